The molecule has 0 spiro atoms. The highest BCUT2D eigenvalue weighted by Crippen LogP contribution is 2.67. The van der Waals surface area contributed by atoms with E-state index in [1.165, 1.54) is 4.90 Å². The minimum Gasteiger partial charge on any atom is -0.322 e. The van der Waals surface area contributed by atoms with E-state index in [1.807, 2.05) is 63.2 Å². The van der Waals surface area contributed by atoms with Gasteiger partial charge in [-0.15, -0.1) is 0 Å². The van der Waals surface area contributed by atoms with Gasteiger partial charge < -0.3 is 5.32 Å². The van der Waals surface area contributed by atoms with Crippen LogP contribution in [0.4, 0.5) is 11.4 Å². The first-order chi connectivity index (χ1) is 18.8. The molecule has 0 unspecified atom stereocenters. The van der Waals surface area contributed by atoms with Crippen LogP contribution in [0.5, 0.6) is 0 Å². The summed E-state index contributed by atoms with van der Waals surface area (Å²) in [5, 5.41) is 2.96. The molecule has 3 aliphatic carbocycles. The summed E-state index contributed by atoms with van der Waals surface area (Å²) in [5.74, 6) is -1.60. The third-order valence-corrected chi connectivity index (χ3v) is 8.86. The van der Waals surface area contributed by atoms with Crippen LogP contribution in [0.1, 0.15) is 62.5 Å². The fourth-order valence-corrected chi connectivity index (χ4v) is 7.40. The number of aryl methyl sites for hydroxylation is 2. The Morgan fingerprint density at radius 2 is 1.36 bits per heavy atom. The van der Waals surface area contributed by atoms with E-state index in [0.717, 1.165) is 33.4 Å². The van der Waals surface area contributed by atoms with E-state index in [9.17, 15) is 14.4 Å². The van der Waals surface area contributed by atoms with Gasteiger partial charge in [-0.05, 0) is 84.5 Å². The van der Waals surface area contributed by atoms with Gasteiger partial charge in [0.2, 0.25) is 11.8 Å². The molecule has 192 valence electrons. The second-order valence-corrected chi connectivity index (χ2v) is 11.3. The van der Waals surface area contributed by atoms with E-state index in [-0.39, 0.29) is 29.6 Å². The summed E-state index contributed by atoms with van der Waals surface area (Å²) < 4.78 is 0. The van der Waals surface area contributed by atoms with Crippen LogP contribution in [-0.4, -0.2) is 17.7 Å². The highest BCUT2D eigenvalue weighted by atomic mass is 16.2. The van der Waals surface area contributed by atoms with Crippen LogP contribution in [0, 0.1) is 25.2 Å². The molecule has 2 atom stereocenters. The molecule has 39 heavy (non-hydrogen) atoms. The van der Waals surface area contributed by atoms with Crippen molar-refractivity contribution in [3.05, 3.63) is 130 Å². The molecule has 0 aromatic heterocycles. The Hall–Kier alpha value is -4.51. The highest BCUT2D eigenvalue weighted by molar-refractivity contribution is 6.25. The average molecular weight is 513 g/mol. The van der Waals surface area contributed by atoms with Gasteiger partial charge >= 0.3 is 0 Å². The summed E-state index contributed by atoms with van der Waals surface area (Å²) in [7, 11) is 0. The Morgan fingerprint density at radius 3 is 1.97 bits per heavy atom. The van der Waals surface area contributed by atoms with Crippen molar-refractivity contribution in [2.75, 3.05) is 10.2 Å². The number of amides is 3. The van der Waals surface area contributed by atoms with Crippen molar-refractivity contribution in [3.8, 4) is 0 Å². The van der Waals surface area contributed by atoms with Gasteiger partial charge in [0.15, 0.2) is 0 Å². The molecule has 2 bridgehead atoms. The monoisotopic (exact) mass is 512 g/mol. The number of imide groups is 1. The number of anilines is 2. The number of nitrogens with one attached hydrogen (secondary N) is 1. The number of rotatable bonds is 3. The summed E-state index contributed by atoms with van der Waals surface area (Å²) in [6, 6.07) is 29.1. The zero-order chi connectivity index (χ0) is 27.1. The van der Waals surface area contributed by atoms with Gasteiger partial charge in [0.1, 0.15) is 0 Å². The van der Waals surface area contributed by atoms with Crippen molar-refractivity contribution in [2.45, 2.75) is 32.6 Å². The average Bonchev–Trinajstić information content (AvgIpc) is 3.13. The van der Waals surface area contributed by atoms with Gasteiger partial charge in [-0.2, -0.15) is 0 Å². The lowest BCUT2D eigenvalue weighted by Gasteiger charge is -2.51. The van der Waals surface area contributed by atoms with E-state index in [2.05, 4.69) is 29.6 Å². The van der Waals surface area contributed by atoms with Crippen LogP contribution >= 0.6 is 0 Å². The van der Waals surface area contributed by atoms with Crippen LogP contribution in [-0.2, 0) is 9.59 Å². The Kier molecular flexibility index (Phi) is 4.99. The van der Waals surface area contributed by atoms with Crippen molar-refractivity contribution in [3.63, 3.8) is 0 Å². The van der Waals surface area contributed by atoms with Gasteiger partial charge in [0, 0.05) is 23.1 Å². The van der Waals surface area contributed by atoms with Crippen molar-refractivity contribution >= 4 is 29.1 Å². The topological polar surface area (TPSA) is 66.5 Å². The number of carbonyl (C=O) groups excluding carboxylic acids is 3. The lowest BCUT2D eigenvalue weighted by Crippen LogP contribution is -2.49. The van der Waals surface area contributed by atoms with Crippen molar-refractivity contribution in [2.24, 2.45) is 11.3 Å². The Bertz CT molecular complexity index is 1660. The molecule has 5 heteroatoms. The highest BCUT2D eigenvalue weighted by Gasteiger charge is 2.68. The zero-order valence-corrected chi connectivity index (χ0v) is 22.1. The standard InChI is InChI=1S/C34H28N2O3/c1-19-15-20(2)17-22(16-19)35-31(37)21-9-8-10-23(18-21)36-32(38)30-28-24-11-4-6-13-26(24)29(34(30,3)33(36)39)27-14-7-5-12-25(27)28/h4-18,28-30H,1-3H3,(H,35,37)/t28?,29?,30-,34-/m1/s1. The zero-order valence-electron chi connectivity index (χ0n) is 22.1. The summed E-state index contributed by atoms with van der Waals surface area (Å²) in [6.45, 7) is 5.92. The van der Waals surface area contributed by atoms with E-state index in [1.54, 1.807) is 24.3 Å². The molecule has 1 N–H and O–H groups in total. The van der Waals surface area contributed by atoms with Crippen molar-refractivity contribution in [1.29, 1.82) is 0 Å². The van der Waals surface area contributed by atoms with Crippen LogP contribution in [0.2, 0.25) is 0 Å². The number of carbonyl (C=O) groups is 3. The number of hydrogen-bond acceptors (Lipinski definition) is 3. The smallest absolute Gasteiger partial charge is 0.255 e. The maximum Gasteiger partial charge on any atom is 0.255 e. The second-order valence-electron chi connectivity index (χ2n) is 11.3. The van der Waals surface area contributed by atoms with E-state index >= 15 is 0 Å². The second kappa shape index (κ2) is 8.24. The molecule has 3 amide bonds. The van der Waals surface area contributed by atoms with Crippen LogP contribution < -0.4 is 10.2 Å². The molecule has 0 saturated carbocycles. The maximum atomic E-state index is 14.3. The molecule has 5 nitrogen and oxygen atoms in total. The molecule has 1 aliphatic heterocycles. The van der Waals surface area contributed by atoms with Gasteiger partial charge in [-0.25, -0.2) is 4.90 Å². The third-order valence-electron chi connectivity index (χ3n) is 8.86. The Morgan fingerprint density at radius 1 is 0.769 bits per heavy atom. The maximum absolute atomic E-state index is 14.3. The van der Waals surface area contributed by atoms with Crippen LogP contribution in [0.25, 0.3) is 0 Å². The lowest BCUT2D eigenvalue weighted by atomic mass is 9.48. The van der Waals surface area contributed by atoms with Crippen molar-refractivity contribution in [1.82, 2.24) is 0 Å². The number of nitrogens with zero attached hydrogens (tertiary/aromatic N) is 1. The first-order valence-electron chi connectivity index (χ1n) is 13.3. The van der Waals surface area contributed by atoms with E-state index in [4.69, 9.17) is 0 Å². The van der Waals surface area contributed by atoms with E-state index < -0.39 is 11.3 Å². The van der Waals surface area contributed by atoms with Crippen LogP contribution in [0.15, 0.2) is 91.0 Å². The van der Waals surface area contributed by atoms with Crippen LogP contribution in [0.3, 0.4) is 0 Å². The first kappa shape index (κ1) is 23.6. The molecule has 1 heterocycles. The Labute approximate surface area is 227 Å². The van der Waals surface area contributed by atoms with Gasteiger partial charge in [-0.3, -0.25) is 14.4 Å². The minimum absolute atomic E-state index is 0.190. The fourth-order valence-electron chi connectivity index (χ4n) is 7.40. The predicted octanol–water partition coefficient (Wildman–Crippen LogP) is 6.34. The molecule has 4 aromatic carbocycles. The number of benzene rings is 4. The molecule has 1 saturated heterocycles. The van der Waals surface area contributed by atoms with Gasteiger partial charge in [-0.1, -0.05) is 60.7 Å². The molecule has 0 radical (unpaired) electrons. The largest absolute Gasteiger partial charge is 0.322 e. The van der Waals surface area contributed by atoms with Crippen molar-refractivity contribution < 1.29 is 14.4 Å². The van der Waals surface area contributed by atoms with E-state index in [0.29, 0.717) is 16.9 Å². The SMILES string of the molecule is Cc1cc(C)cc(NC(=O)c2cccc(N3C(=O)[C@H]4C5c6ccccc6C(c6ccccc65)[C@@]4(C)C3=O)c2)c1. The molecule has 8 rings (SSSR count). The third kappa shape index (κ3) is 3.22. The normalized spacial score (nSPS) is 24.3. The molecule has 4 aromatic rings. The first-order valence-corrected chi connectivity index (χ1v) is 13.3. The summed E-state index contributed by atoms with van der Waals surface area (Å²) in [4.78, 5) is 43.1. The summed E-state index contributed by atoms with van der Waals surface area (Å²) >= 11 is 0. The quantitative estimate of drug-likeness (QED) is 0.326. The lowest BCUT2D eigenvalue weighted by molar-refractivity contribution is -0.128. The minimum atomic E-state index is -0.915. The Balaban J connectivity index is 1.29. The molecular formula is C34H28N2O3. The molecular weight excluding hydrogens is 484 g/mol. The number of hydrogen-bond donors (Lipinski definition) is 1. The predicted molar refractivity (Wildman–Crippen MR) is 151 cm³/mol. The molecule has 1 fully saturated rings. The van der Waals surface area contributed by atoms with Gasteiger partial charge in [0.05, 0.1) is 17.0 Å². The summed E-state index contributed by atoms with van der Waals surface area (Å²) in [6.07, 6.45) is 0. The summed E-state index contributed by atoms with van der Waals surface area (Å²) in [5.41, 5.74) is 7.25. The fraction of sp³-hybridized carbons (Fsp3) is 0.206. The molecule has 4 aliphatic rings. The van der Waals surface area contributed by atoms with Gasteiger partial charge in [0.25, 0.3) is 5.91 Å².